The summed E-state index contributed by atoms with van der Waals surface area (Å²) in [6.45, 7) is 3.49. The molecule has 4 aliphatic carbocycles. The number of hydrogen-bond acceptors (Lipinski definition) is 6. The number of ether oxygens (including phenoxy) is 1. The first-order valence-corrected chi connectivity index (χ1v) is 13.8. The van der Waals surface area contributed by atoms with Crippen molar-refractivity contribution in [3.63, 3.8) is 0 Å². The molecule has 4 saturated carbocycles. The molecule has 1 aromatic rings. The van der Waals surface area contributed by atoms with Crippen LogP contribution in [0.15, 0.2) is 6.20 Å². The molecule has 36 heavy (non-hydrogen) atoms. The fourth-order valence-electron chi connectivity index (χ4n) is 7.23. The van der Waals surface area contributed by atoms with Crippen molar-refractivity contribution in [2.75, 3.05) is 19.7 Å². The van der Waals surface area contributed by atoms with Gasteiger partial charge in [-0.05, 0) is 83.1 Å². The van der Waals surface area contributed by atoms with Crippen LogP contribution in [0.4, 0.5) is 13.2 Å². The van der Waals surface area contributed by atoms with Crippen LogP contribution in [-0.2, 0) is 9.59 Å². The van der Waals surface area contributed by atoms with Gasteiger partial charge in [0.25, 0.3) is 5.19 Å². The van der Waals surface area contributed by atoms with Crippen molar-refractivity contribution in [3.8, 4) is 5.19 Å². The molecule has 0 radical (unpaired) electrons. The lowest BCUT2D eigenvalue weighted by Gasteiger charge is -2.57. The van der Waals surface area contributed by atoms with Gasteiger partial charge in [-0.2, -0.15) is 13.2 Å². The Kier molecular flexibility index (Phi) is 6.99. The lowest BCUT2D eigenvalue weighted by Crippen LogP contribution is -2.62. The normalized spacial score (nSPS) is 33.4. The second kappa shape index (κ2) is 9.78. The SMILES string of the molecule is CC(NC(=O)C1CCN(C(C)C(=O)NC23CC4CC(CC(C4)C2)C3)C1)c1cnc(OCC(F)(F)F)s1. The van der Waals surface area contributed by atoms with Gasteiger partial charge in [0.05, 0.1) is 22.9 Å². The predicted octanol–water partition coefficient (Wildman–Crippen LogP) is 4.06. The zero-order valence-corrected chi connectivity index (χ0v) is 21.6. The van der Waals surface area contributed by atoms with E-state index in [0.717, 1.165) is 48.4 Å². The minimum absolute atomic E-state index is 0.0244. The topological polar surface area (TPSA) is 83.6 Å². The molecule has 200 valence electrons. The van der Waals surface area contributed by atoms with Crippen molar-refractivity contribution >= 4 is 23.2 Å². The van der Waals surface area contributed by atoms with Crippen LogP contribution in [0.5, 0.6) is 5.19 Å². The number of rotatable bonds is 8. The van der Waals surface area contributed by atoms with E-state index in [1.54, 1.807) is 6.92 Å². The molecule has 11 heteroatoms. The number of carbonyl (C=O) groups excluding carboxylic acids is 2. The summed E-state index contributed by atoms with van der Waals surface area (Å²) in [5.41, 5.74) is -0.0244. The van der Waals surface area contributed by atoms with E-state index >= 15 is 0 Å². The summed E-state index contributed by atoms with van der Waals surface area (Å²) in [4.78, 5) is 32.7. The van der Waals surface area contributed by atoms with Gasteiger partial charge in [0.2, 0.25) is 11.8 Å². The molecular weight excluding hydrogens is 493 g/mol. The van der Waals surface area contributed by atoms with E-state index in [2.05, 4.69) is 25.3 Å². The molecule has 0 aromatic carbocycles. The van der Waals surface area contributed by atoms with E-state index in [-0.39, 0.29) is 34.5 Å². The first-order chi connectivity index (χ1) is 17.0. The van der Waals surface area contributed by atoms with Crippen LogP contribution in [0.25, 0.3) is 0 Å². The molecule has 1 aromatic heterocycles. The largest absolute Gasteiger partial charge is 0.460 e. The lowest BCUT2D eigenvalue weighted by molar-refractivity contribution is -0.153. The summed E-state index contributed by atoms with van der Waals surface area (Å²) in [6, 6.07) is -0.688. The lowest BCUT2D eigenvalue weighted by atomic mass is 9.53. The maximum absolute atomic E-state index is 13.2. The highest BCUT2D eigenvalue weighted by Crippen LogP contribution is 2.55. The van der Waals surface area contributed by atoms with Crippen molar-refractivity contribution in [2.24, 2.45) is 23.7 Å². The van der Waals surface area contributed by atoms with Crippen molar-refractivity contribution in [1.82, 2.24) is 20.5 Å². The Bertz CT molecular complexity index is 949. The molecule has 6 rings (SSSR count). The van der Waals surface area contributed by atoms with E-state index in [1.807, 2.05) is 6.92 Å². The van der Waals surface area contributed by atoms with Crippen LogP contribution in [0, 0.1) is 23.7 Å². The van der Waals surface area contributed by atoms with Gasteiger partial charge in [0.1, 0.15) is 0 Å². The average molecular weight is 529 g/mol. The maximum atomic E-state index is 13.2. The van der Waals surface area contributed by atoms with Gasteiger partial charge in [0, 0.05) is 18.3 Å². The van der Waals surface area contributed by atoms with Crippen molar-refractivity contribution in [1.29, 1.82) is 0 Å². The quantitative estimate of drug-likeness (QED) is 0.532. The Morgan fingerprint density at radius 2 is 1.83 bits per heavy atom. The summed E-state index contributed by atoms with van der Waals surface area (Å²) < 4.78 is 41.7. The first-order valence-electron chi connectivity index (χ1n) is 13.0. The van der Waals surface area contributed by atoms with E-state index in [4.69, 9.17) is 0 Å². The van der Waals surface area contributed by atoms with Crippen LogP contribution in [0.3, 0.4) is 0 Å². The Labute approximate surface area is 213 Å². The fraction of sp³-hybridized carbons (Fsp3) is 0.800. The van der Waals surface area contributed by atoms with Crippen molar-refractivity contribution in [3.05, 3.63) is 11.1 Å². The number of likely N-dealkylation sites (tertiary alicyclic amines) is 1. The molecule has 5 fully saturated rings. The molecule has 2 amide bonds. The van der Waals surface area contributed by atoms with Gasteiger partial charge < -0.3 is 15.4 Å². The van der Waals surface area contributed by atoms with E-state index in [9.17, 15) is 22.8 Å². The van der Waals surface area contributed by atoms with Crippen molar-refractivity contribution < 1.29 is 27.5 Å². The van der Waals surface area contributed by atoms with Gasteiger partial charge in [-0.25, -0.2) is 4.98 Å². The number of thiazole rings is 1. The molecule has 2 N–H and O–H groups in total. The summed E-state index contributed by atoms with van der Waals surface area (Å²) in [5, 5.41) is 6.32. The van der Waals surface area contributed by atoms with Crippen LogP contribution in [0.2, 0.25) is 0 Å². The fourth-order valence-corrected chi connectivity index (χ4v) is 8.00. The highest BCUT2D eigenvalue weighted by Gasteiger charge is 2.52. The van der Waals surface area contributed by atoms with Gasteiger partial charge in [-0.3, -0.25) is 14.5 Å². The Balaban J connectivity index is 1.10. The number of alkyl halides is 3. The standard InChI is InChI=1S/C25H35F3N4O3S/c1-14(20-11-29-23(36-20)35-13-25(26,27)28)30-22(34)19-3-4-32(12-19)15(2)21(33)31-24-8-16-5-17(9-24)7-18(6-16)10-24/h11,14-19H,3-10,12-13H2,1-2H3,(H,30,34)(H,31,33). The molecule has 3 unspecified atom stereocenters. The number of nitrogens with one attached hydrogen (secondary N) is 2. The highest BCUT2D eigenvalue weighted by atomic mass is 32.1. The summed E-state index contributed by atoms with van der Waals surface area (Å²) >= 11 is 0.990. The summed E-state index contributed by atoms with van der Waals surface area (Å²) in [6.07, 6.45) is 4.99. The van der Waals surface area contributed by atoms with E-state index in [1.165, 1.54) is 25.5 Å². The molecule has 5 aliphatic rings. The molecular formula is C25H35F3N4O3S. The molecule has 3 atom stereocenters. The number of hydrogen-bond donors (Lipinski definition) is 2. The molecule has 1 aliphatic heterocycles. The Morgan fingerprint density at radius 1 is 1.19 bits per heavy atom. The average Bonchev–Trinajstić information content (AvgIpc) is 3.45. The van der Waals surface area contributed by atoms with E-state index in [0.29, 0.717) is 24.4 Å². The highest BCUT2D eigenvalue weighted by molar-refractivity contribution is 7.13. The van der Waals surface area contributed by atoms with Crippen LogP contribution < -0.4 is 15.4 Å². The Hall–Kier alpha value is -1.88. The third-order valence-corrected chi connectivity index (χ3v) is 9.68. The number of halogens is 3. The Morgan fingerprint density at radius 3 is 2.44 bits per heavy atom. The molecule has 7 nitrogen and oxygen atoms in total. The minimum atomic E-state index is -4.43. The smallest absolute Gasteiger partial charge is 0.422 e. The zero-order valence-electron chi connectivity index (χ0n) is 20.8. The summed E-state index contributed by atoms with van der Waals surface area (Å²) in [7, 11) is 0. The van der Waals surface area contributed by atoms with Gasteiger partial charge in [-0.15, -0.1) is 0 Å². The molecule has 1 saturated heterocycles. The first kappa shape index (κ1) is 25.8. The molecule has 2 heterocycles. The van der Waals surface area contributed by atoms with Crippen molar-refractivity contribution in [2.45, 2.75) is 82.6 Å². The number of nitrogens with zero attached hydrogens (tertiary/aromatic N) is 2. The zero-order chi connectivity index (χ0) is 25.7. The van der Waals surface area contributed by atoms with Crippen LogP contribution in [-0.4, -0.2) is 59.2 Å². The molecule has 0 spiro atoms. The number of aromatic nitrogens is 1. The third kappa shape index (κ3) is 5.66. The van der Waals surface area contributed by atoms with E-state index < -0.39 is 18.8 Å². The monoisotopic (exact) mass is 528 g/mol. The second-order valence-electron chi connectivity index (χ2n) is 11.5. The molecule has 4 bridgehead atoms. The van der Waals surface area contributed by atoms with Gasteiger partial charge >= 0.3 is 6.18 Å². The maximum Gasteiger partial charge on any atom is 0.422 e. The predicted molar refractivity (Wildman–Crippen MR) is 128 cm³/mol. The van der Waals surface area contributed by atoms with Crippen LogP contribution >= 0.6 is 11.3 Å². The summed E-state index contributed by atoms with van der Waals surface area (Å²) in [5.74, 6) is 2.00. The second-order valence-corrected chi connectivity index (χ2v) is 12.5. The number of carbonyl (C=O) groups is 2. The third-order valence-electron chi connectivity index (χ3n) is 8.59. The number of amides is 2. The minimum Gasteiger partial charge on any atom is -0.460 e. The van der Waals surface area contributed by atoms with Gasteiger partial charge in [0.15, 0.2) is 6.61 Å². The van der Waals surface area contributed by atoms with Gasteiger partial charge in [-0.1, -0.05) is 11.3 Å². The van der Waals surface area contributed by atoms with Crippen LogP contribution in [0.1, 0.15) is 69.7 Å².